The molecule has 0 saturated heterocycles. The van der Waals surface area contributed by atoms with Crippen molar-refractivity contribution >= 4 is 0 Å². The Morgan fingerprint density at radius 1 is 1.31 bits per heavy atom. The zero-order chi connectivity index (χ0) is 11.5. The predicted octanol–water partition coefficient (Wildman–Crippen LogP) is 0.544. The fourth-order valence-electron chi connectivity index (χ4n) is 1.55. The van der Waals surface area contributed by atoms with Crippen molar-refractivity contribution in [3.63, 3.8) is 0 Å². The van der Waals surface area contributed by atoms with E-state index in [9.17, 15) is 0 Å². The lowest BCUT2D eigenvalue weighted by Gasteiger charge is -2.05. The van der Waals surface area contributed by atoms with E-state index < -0.39 is 0 Å². The maximum Gasteiger partial charge on any atom is 0.178 e. The quantitative estimate of drug-likeness (QED) is 0.730. The van der Waals surface area contributed by atoms with Crippen molar-refractivity contribution in [1.29, 1.82) is 5.41 Å². The highest BCUT2D eigenvalue weighted by Gasteiger charge is 2.06. The Kier molecular flexibility index (Phi) is 2.81. The number of aryl methyl sites for hydroxylation is 2. The Morgan fingerprint density at radius 3 is 2.69 bits per heavy atom. The van der Waals surface area contributed by atoms with E-state index in [1.807, 2.05) is 59.9 Å². The first-order chi connectivity index (χ1) is 7.66. The van der Waals surface area contributed by atoms with E-state index in [0.717, 1.165) is 11.4 Å². The highest BCUT2D eigenvalue weighted by Crippen LogP contribution is 1.92. The predicted molar refractivity (Wildman–Crippen MR) is 59.5 cm³/mol. The number of hydrogen-bond acceptors (Lipinski definition) is 2. The Labute approximate surface area is 94.3 Å². The Hall–Kier alpha value is -1.97. The molecular formula is C12H15N4+. The highest BCUT2D eigenvalue weighted by atomic mass is 15.0. The SMILES string of the molecule is Cc1nc(=N)c(C[n+]2ccccc2)cn1C. The number of hydrogen-bond donors (Lipinski definition) is 1. The second kappa shape index (κ2) is 4.26. The minimum Gasteiger partial charge on any atom is -0.339 e. The van der Waals surface area contributed by atoms with Crippen molar-refractivity contribution in [3.05, 3.63) is 53.7 Å². The van der Waals surface area contributed by atoms with Gasteiger partial charge in [-0.25, -0.2) is 9.55 Å². The molecule has 2 aromatic rings. The molecule has 2 rings (SSSR count). The first-order valence-electron chi connectivity index (χ1n) is 5.18. The van der Waals surface area contributed by atoms with E-state index in [1.165, 1.54) is 0 Å². The van der Waals surface area contributed by atoms with Gasteiger partial charge in [-0.15, -0.1) is 0 Å². The van der Waals surface area contributed by atoms with Crippen LogP contribution in [0.2, 0.25) is 0 Å². The van der Waals surface area contributed by atoms with Gasteiger partial charge >= 0.3 is 0 Å². The van der Waals surface area contributed by atoms with Crippen molar-refractivity contribution < 1.29 is 4.57 Å². The third-order valence-corrected chi connectivity index (χ3v) is 2.57. The summed E-state index contributed by atoms with van der Waals surface area (Å²) in [5.74, 6) is 0.854. The molecule has 1 N–H and O–H groups in total. The van der Waals surface area contributed by atoms with Gasteiger partial charge in [0.1, 0.15) is 5.82 Å². The van der Waals surface area contributed by atoms with Crippen LogP contribution in [0.1, 0.15) is 11.4 Å². The van der Waals surface area contributed by atoms with Gasteiger partial charge in [-0.2, -0.15) is 0 Å². The lowest BCUT2D eigenvalue weighted by molar-refractivity contribution is -0.688. The van der Waals surface area contributed by atoms with Crippen molar-refractivity contribution in [1.82, 2.24) is 9.55 Å². The van der Waals surface area contributed by atoms with Crippen LogP contribution in [0.3, 0.4) is 0 Å². The summed E-state index contributed by atoms with van der Waals surface area (Å²) in [6, 6.07) is 5.93. The molecule has 0 aliphatic heterocycles. The molecule has 0 bridgehead atoms. The van der Waals surface area contributed by atoms with Crippen LogP contribution < -0.4 is 10.1 Å². The zero-order valence-electron chi connectivity index (χ0n) is 9.51. The van der Waals surface area contributed by atoms with Gasteiger partial charge in [-0.3, -0.25) is 5.41 Å². The highest BCUT2D eigenvalue weighted by molar-refractivity contribution is 5.03. The summed E-state index contributed by atoms with van der Waals surface area (Å²) in [5.41, 5.74) is 1.27. The first-order valence-corrected chi connectivity index (χ1v) is 5.18. The maximum absolute atomic E-state index is 7.82. The number of nitrogens with one attached hydrogen (secondary N) is 1. The van der Waals surface area contributed by atoms with E-state index in [1.54, 1.807) is 0 Å². The summed E-state index contributed by atoms with van der Waals surface area (Å²) in [5, 5.41) is 7.82. The number of nitrogens with zero attached hydrogens (tertiary/aromatic N) is 3. The molecule has 0 atom stereocenters. The number of aromatic nitrogens is 3. The summed E-state index contributed by atoms with van der Waals surface area (Å²) in [6.45, 7) is 2.58. The maximum atomic E-state index is 7.82. The minimum atomic E-state index is 0.354. The van der Waals surface area contributed by atoms with Crippen LogP contribution in [0.15, 0.2) is 36.8 Å². The largest absolute Gasteiger partial charge is 0.339 e. The topological polar surface area (TPSA) is 45.6 Å². The minimum absolute atomic E-state index is 0.354. The first kappa shape index (κ1) is 10.5. The molecule has 0 amide bonds. The van der Waals surface area contributed by atoms with Gasteiger partial charge in [0.05, 0.1) is 5.56 Å². The molecule has 16 heavy (non-hydrogen) atoms. The molecule has 0 radical (unpaired) electrons. The van der Waals surface area contributed by atoms with E-state index in [2.05, 4.69) is 4.98 Å². The van der Waals surface area contributed by atoms with Gasteiger partial charge < -0.3 is 4.57 Å². The van der Waals surface area contributed by atoms with E-state index in [4.69, 9.17) is 5.41 Å². The van der Waals surface area contributed by atoms with E-state index in [-0.39, 0.29) is 0 Å². The van der Waals surface area contributed by atoms with Gasteiger partial charge in [0, 0.05) is 25.4 Å². The molecular weight excluding hydrogens is 200 g/mol. The van der Waals surface area contributed by atoms with Crippen LogP contribution in [-0.4, -0.2) is 9.55 Å². The lowest BCUT2D eigenvalue weighted by atomic mass is 10.3. The molecule has 4 heteroatoms. The van der Waals surface area contributed by atoms with Crippen LogP contribution >= 0.6 is 0 Å². The van der Waals surface area contributed by atoms with Crippen molar-refractivity contribution in [2.24, 2.45) is 7.05 Å². The van der Waals surface area contributed by atoms with Crippen LogP contribution in [0.4, 0.5) is 0 Å². The molecule has 0 saturated carbocycles. The van der Waals surface area contributed by atoms with Crippen LogP contribution in [0, 0.1) is 12.3 Å². The lowest BCUT2D eigenvalue weighted by Crippen LogP contribution is -2.36. The average molecular weight is 215 g/mol. The standard InChI is InChI=1S/C12H15N4/c1-10-14-12(13)11(8-15(10)2)9-16-6-4-3-5-7-16/h3-8,13H,9H2,1-2H3/q+1. The third-order valence-electron chi connectivity index (χ3n) is 2.57. The number of pyridine rings is 1. The van der Waals surface area contributed by atoms with Crippen LogP contribution in [0.5, 0.6) is 0 Å². The summed E-state index contributed by atoms with van der Waals surface area (Å²) in [4.78, 5) is 4.19. The molecule has 2 heterocycles. The summed E-state index contributed by atoms with van der Waals surface area (Å²) < 4.78 is 3.97. The van der Waals surface area contributed by atoms with Crippen molar-refractivity contribution in [2.45, 2.75) is 13.5 Å². The monoisotopic (exact) mass is 215 g/mol. The molecule has 0 spiro atoms. The fraction of sp³-hybridized carbons (Fsp3) is 0.250. The average Bonchev–Trinajstić information content (AvgIpc) is 2.27. The van der Waals surface area contributed by atoms with Crippen LogP contribution in [0.25, 0.3) is 0 Å². The van der Waals surface area contributed by atoms with Crippen molar-refractivity contribution in [2.75, 3.05) is 0 Å². The van der Waals surface area contributed by atoms with Gasteiger partial charge in [-0.05, 0) is 6.92 Å². The molecule has 0 aromatic carbocycles. The summed E-state index contributed by atoms with van der Waals surface area (Å²) in [7, 11) is 1.95. The molecule has 2 aromatic heterocycles. The zero-order valence-corrected chi connectivity index (χ0v) is 9.51. The molecule has 0 fully saturated rings. The van der Waals surface area contributed by atoms with Crippen LogP contribution in [-0.2, 0) is 13.6 Å². The molecule has 4 nitrogen and oxygen atoms in total. The fourth-order valence-corrected chi connectivity index (χ4v) is 1.55. The normalized spacial score (nSPS) is 10.4. The Morgan fingerprint density at radius 2 is 2.00 bits per heavy atom. The van der Waals surface area contributed by atoms with E-state index >= 15 is 0 Å². The van der Waals surface area contributed by atoms with Gasteiger partial charge in [0.2, 0.25) is 0 Å². The van der Waals surface area contributed by atoms with Gasteiger partial charge in [0.25, 0.3) is 0 Å². The van der Waals surface area contributed by atoms with Gasteiger partial charge in [0.15, 0.2) is 24.4 Å². The Bertz CT molecular complexity index is 543. The van der Waals surface area contributed by atoms with Gasteiger partial charge in [-0.1, -0.05) is 6.07 Å². The molecule has 0 unspecified atom stereocenters. The molecule has 0 aliphatic carbocycles. The van der Waals surface area contributed by atoms with E-state index in [0.29, 0.717) is 12.0 Å². The number of rotatable bonds is 2. The third kappa shape index (κ3) is 2.16. The second-order valence-electron chi connectivity index (χ2n) is 3.82. The summed E-state index contributed by atoms with van der Waals surface area (Å²) in [6.07, 6.45) is 5.93. The molecule has 0 aliphatic rings. The van der Waals surface area contributed by atoms with Crippen molar-refractivity contribution in [3.8, 4) is 0 Å². The second-order valence-corrected chi connectivity index (χ2v) is 3.82. The summed E-state index contributed by atoms with van der Waals surface area (Å²) >= 11 is 0. The molecule has 82 valence electrons. The Balaban J connectivity index is 2.36. The smallest absolute Gasteiger partial charge is 0.178 e.